The van der Waals surface area contributed by atoms with Gasteiger partial charge in [0.2, 0.25) is 0 Å². The van der Waals surface area contributed by atoms with E-state index in [2.05, 4.69) is 37.8 Å². The van der Waals surface area contributed by atoms with E-state index in [1.165, 1.54) is 0 Å². The van der Waals surface area contributed by atoms with Crippen molar-refractivity contribution in [3.8, 4) is 22.5 Å². The Balaban J connectivity index is 0.000000585. The Morgan fingerprint density at radius 2 is 1.85 bits per heavy atom. The van der Waals surface area contributed by atoms with Crippen molar-refractivity contribution < 1.29 is 24.5 Å². The van der Waals surface area contributed by atoms with E-state index in [4.69, 9.17) is 34.6 Å². The molecule has 2 N–H and O–H groups in total. The van der Waals surface area contributed by atoms with Crippen molar-refractivity contribution in [1.82, 2.24) is 39.4 Å². The number of nitrogens with zero attached hydrogens (tertiary/aromatic N) is 8. The molecule has 13 nitrogen and oxygen atoms in total. The van der Waals surface area contributed by atoms with E-state index in [1.54, 1.807) is 13.3 Å². The van der Waals surface area contributed by atoms with Crippen molar-refractivity contribution in [3.63, 3.8) is 0 Å². The molecule has 0 saturated carbocycles. The van der Waals surface area contributed by atoms with E-state index in [1.807, 2.05) is 47.7 Å². The van der Waals surface area contributed by atoms with Crippen LogP contribution in [0.25, 0.3) is 22.5 Å². The normalized spacial score (nSPS) is 13.9. The van der Waals surface area contributed by atoms with Gasteiger partial charge in [-0.15, -0.1) is 0 Å². The molecule has 4 aromatic rings. The number of likely N-dealkylation sites (tertiary alicyclic amines) is 1. The second-order valence-electron chi connectivity index (χ2n) is 9.53. The number of carboxylic acids is 2. The molecule has 0 spiro atoms. The van der Waals surface area contributed by atoms with Gasteiger partial charge in [0.1, 0.15) is 11.5 Å². The summed E-state index contributed by atoms with van der Waals surface area (Å²) in [6.07, 6.45) is 14.4. The van der Waals surface area contributed by atoms with E-state index in [0.717, 1.165) is 79.5 Å². The highest BCUT2D eigenvalue weighted by molar-refractivity contribution is 6.27. The number of pyridine rings is 1. The summed E-state index contributed by atoms with van der Waals surface area (Å²) in [4.78, 5) is 34.4. The zero-order valence-electron chi connectivity index (χ0n) is 23.1. The Bertz CT molecular complexity index is 1420. The summed E-state index contributed by atoms with van der Waals surface area (Å²) in [5.41, 5.74) is 4.84. The summed E-state index contributed by atoms with van der Waals surface area (Å²) >= 11 is 0. The molecular weight excluding hydrogens is 528 g/mol. The molecule has 0 atom stereocenters. The number of aryl methyl sites for hydroxylation is 1. The molecule has 0 amide bonds. The first-order valence-corrected chi connectivity index (χ1v) is 13.4. The van der Waals surface area contributed by atoms with Gasteiger partial charge in [-0.3, -0.25) is 14.3 Å². The highest BCUT2D eigenvalue weighted by Crippen LogP contribution is 2.29. The fourth-order valence-electron chi connectivity index (χ4n) is 4.60. The van der Waals surface area contributed by atoms with Crippen molar-refractivity contribution in [3.05, 3.63) is 66.8 Å². The number of hydrogen-bond acceptors (Lipinski definition) is 9. The second kappa shape index (κ2) is 14.2. The fourth-order valence-corrected chi connectivity index (χ4v) is 4.60. The molecule has 1 saturated heterocycles. The molecule has 216 valence electrons. The molecule has 0 radical (unpaired) electrons. The number of methoxy groups -OCH3 is 1. The van der Waals surface area contributed by atoms with Crippen LogP contribution in [-0.2, 0) is 27.3 Å². The SMILES string of the molecule is CCn1cc(-c2ccnc(Cc3cnn(C4CCN(CCOC)CC4)c3)n2)c(-c2cccnc2)n1.O=C(O)C(=O)O. The third-order valence-corrected chi connectivity index (χ3v) is 6.75. The Kier molecular flexibility index (Phi) is 10.2. The number of carbonyl (C=O) groups is 2. The molecule has 0 bridgehead atoms. The molecular formula is C28H34N8O5. The quantitative estimate of drug-likeness (QED) is 0.289. The molecule has 1 aliphatic rings. The lowest BCUT2D eigenvalue weighted by Gasteiger charge is -2.31. The number of rotatable bonds is 9. The van der Waals surface area contributed by atoms with Gasteiger partial charge in [0, 0.05) is 81.8 Å². The van der Waals surface area contributed by atoms with Crippen LogP contribution in [0.2, 0.25) is 0 Å². The predicted octanol–water partition coefficient (Wildman–Crippen LogP) is 2.65. The highest BCUT2D eigenvalue weighted by Gasteiger charge is 2.21. The average molecular weight is 563 g/mol. The van der Waals surface area contributed by atoms with Gasteiger partial charge in [-0.05, 0) is 43.5 Å². The van der Waals surface area contributed by atoms with Gasteiger partial charge in [0.25, 0.3) is 0 Å². The van der Waals surface area contributed by atoms with Crippen molar-refractivity contribution >= 4 is 11.9 Å². The highest BCUT2D eigenvalue weighted by atomic mass is 16.5. The minimum absolute atomic E-state index is 0.441. The van der Waals surface area contributed by atoms with E-state index in [-0.39, 0.29) is 0 Å². The number of hydrogen-bond donors (Lipinski definition) is 2. The first-order chi connectivity index (χ1) is 19.9. The van der Waals surface area contributed by atoms with E-state index in [0.29, 0.717) is 12.5 Å². The molecule has 1 fully saturated rings. The molecule has 5 rings (SSSR count). The lowest BCUT2D eigenvalue weighted by Crippen LogP contribution is -2.36. The zero-order chi connectivity index (χ0) is 29.2. The maximum atomic E-state index is 9.10. The Hall–Kier alpha value is -4.49. The molecule has 4 aromatic heterocycles. The van der Waals surface area contributed by atoms with Crippen molar-refractivity contribution in [2.75, 3.05) is 33.4 Å². The molecule has 1 aliphatic heterocycles. The minimum atomic E-state index is -1.82. The Morgan fingerprint density at radius 3 is 2.51 bits per heavy atom. The third kappa shape index (κ3) is 8.02. The summed E-state index contributed by atoms with van der Waals surface area (Å²) in [7, 11) is 1.76. The molecule has 13 heteroatoms. The lowest BCUT2D eigenvalue weighted by atomic mass is 10.1. The number of piperidine rings is 1. The Morgan fingerprint density at radius 1 is 1.07 bits per heavy atom. The standard InChI is InChI=1S/C26H32N8O.C2H2O4/c1-3-33-19-23(26(31-33)21-5-4-9-27-17-21)24-6-10-28-25(30-24)15-20-16-29-34(18-20)22-7-11-32(12-8-22)13-14-35-2;3-1(4)2(5)6/h4-6,9-10,16-19,22H,3,7-8,11-15H2,1-2H3;(H,3,4)(H,5,6). The van der Waals surface area contributed by atoms with Gasteiger partial charge >= 0.3 is 11.9 Å². The van der Waals surface area contributed by atoms with Crippen LogP contribution in [0.5, 0.6) is 0 Å². The zero-order valence-corrected chi connectivity index (χ0v) is 23.1. The van der Waals surface area contributed by atoms with E-state index < -0.39 is 11.9 Å². The molecule has 5 heterocycles. The maximum absolute atomic E-state index is 9.10. The minimum Gasteiger partial charge on any atom is -0.473 e. The summed E-state index contributed by atoms with van der Waals surface area (Å²) in [5, 5.41) is 24.2. The van der Waals surface area contributed by atoms with Gasteiger partial charge in [0.05, 0.1) is 24.5 Å². The van der Waals surface area contributed by atoms with E-state index in [9.17, 15) is 0 Å². The van der Waals surface area contributed by atoms with Gasteiger partial charge in [-0.1, -0.05) is 0 Å². The van der Waals surface area contributed by atoms with Crippen LogP contribution in [0.4, 0.5) is 0 Å². The van der Waals surface area contributed by atoms with Gasteiger partial charge < -0.3 is 19.8 Å². The first-order valence-electron chi connectivity index (χ1n) is 13.4. The topological polar surface area (TPSA) is 161 Å². The van der Waals surface area contributed by atoms with E-state index >= 15 is 0 Å². The fraction of sp³-hybridized carbons (Fsp3) is 0.393. The second-order valence-corrected chi connectivity index (χ2v) is 9.53. The number of aromatic nitrogens is 7. The van der Waals surface area contributed by atoms with Crippen LogP contribution in [0.15, 0.2) is 55.4 Å². The molecule has 41 heavy (non-hydrogen) atoms. The molecule has 0 unspecified atom stereocenters. The summed E-state index contributed by atoms with van der Waals surface area (Å²) < 4.78 is 9.27. The summed E-state index contributed by atoms with van der Waals surface area (Å²) in [5.74, 6) is -2.87. The van der Waals surface area contributed by atoms with Crippen LogP contribution < -0.4 is 0 Å². The predicted molar refractivity (Wildman–Crippen MR) is 149 cm³/mol. The number of carboxylic acid groups (broad SMARTS) is 2. The van der Waals surface area contributed by atoms with Crippen LogP contribution in [0.3, 0.4) is 0 Å². The molecule has 0 aliphatic carbocycles. The summed E-state index contributed by atoms with van der Waals surface area (Å²) in [6.45, 7) is 6.82. The first kappa shape index (κ1) is 29.5. The maximum Gasteiger partial charge on any atom is 0.414 e. The van der Waals surface area contributed by atoms with Crippen molar-refractivity contribution in [2.45, 2.75) is 38.8 Å². The van der Waals surface area contributed by atoms with Gasteiger partial charge in [-0.2, -0.15) is 10.2 Å². The number of aliphatic carboxylic acids is 2. The van der Waals surface area contributed by atoms with Crippen molar-refractivity contribution in [2.24, 2.45) is 0 Å². The van der Waals surface area contributed by atoms with Crippen LogP contribution >= 0.6 is 0 Å². The monoisotopic (exact) mass is 562 g/mol. The van der Waals surface area contributed by atoms with Gasteiger partial charge in [-0.25, -0.2) is 19.6 Å². The van der Waals surface area contributed by atoms with Crippen LogP contribution in [0, 0.1) is 0 Å². The largest absolute Gasteiger partial charge is 0.473 e. The van der Waals surface area contributed by atoms with Crippen LogP contribution in [-0.4, -0.2) is 94.9 Å². The van der Waals surface area contributed by atoms with Gasteiger partial charge in [0.15, 0.2) is 0 Å². The summed E-state index contributed by atoms with van der Waals surface area (Å²) in [6, 6.07) is 6.34. The average Bonchev–Trinajstić information content (AvgIpc) is 3.65. The van der Waals surface area contributed by atoms with Crippen LogP contribution in [0.1, 0.15) is 37.2 Å². The molecule has 0 aromatic carbocycles. The van der Waals surface area contributed by atoms with Crippen molar-refractivity contribution in [1.29, 1.82) is 0 Å². The Labute approximate surface area is 237 Å². The third-order valence-electron chi connectivity index (χ3n) is 6.75. The smallest absolute Gasteiger partial charge is 0.414 e. The number of ether oxygens (including phenoxy) is 1. The lowest BCUT2D eigenvalue weighted by molar-refractivity contribution is -0.159.